The van der Waals surface area contributed by atoms with Gasteiger partial charge in [0.25, 0.3) is 5.56 Å². The lowest BCUT2D eigenvalue weighted by Crippen LogP contribution is -2.30. The molecule has 4 aromatic rings. The smallest absolute Gasteiger partial charge is 0.276 e. The van der Waals surface area contributed by atoms with E-state index in [-0.39, 0.29) is 11.5 Å². The number of hydrogen-bond acceptors (Lipinski definition) is 5. The summed E-state index contributed by atoms with van der Waals surface area (Å²) < 4.78 is 12.6. The average molecular weight is 473 g/mol. The Morgan fingerprint density at radius 2 is 1.74 bits per heavy atom. The molecular formula is C28H32N4O3. The molecule has 1 unspecified atom stereocenters. The fourth-order valence-electron chi connectivity index (χ4n) is 5.23. The van der Waals surface area contributed by atoms with Crippen molar-refractivity contribution >= 4 is 11.3 Å². The highest BCUT2D eigenvalue weighted by molar-refractivity contribution is 5.86. The van der Waals surface area contributed by atoms with E-state index in [2.05, 4.69) is 22.1 Å². The quantitative estimate of drug-likeness (QED) is 0.420. The van der Waals surface area contributed by atoms with Gasteiger partial charge in [-0.25, -0.2) is 4.98 Å². The molecule has 3 heterocycles. The average Bonchev–Trinajstić information content (AvgIpc) is 3.28. The first-order valence-corrected chi connectivity index (χ1v) is 12.2. The summed E-state index contributed by atoms with van der Waals surface area (Å²) in [5, 5.41) is 3.42. The van der Waals surface area contributed by atoms with E-state index in [1.807, 2.05) is 50.2 Å². The molecule has 1 atom stereocenters. The highest BCUT2D eigenvalue weighted by Crippen LogP contribution is 2.37. The van der Waals surface area contributed by atoms with Crippen LogP contribution in [0.2, 0.25) is 0 Å². The van der Waals surface area contributed by atoms with Crippen molar-refractivity contribution in [3.63, 3.8) is 0 Å². The summed E-state index contributed by atoms with van der Waals surface area (Å²) in [5.41, 5.74) is 5.89. The largest absolute Gasteiger partial charge is 0.497 e. The molecular weight excluding hydrogens is 440 g/mol. The first kappa shape index (κ1) is 23.0. The number of methoxy groups -OCH3 is 2. The molecule has 182 valence electrons. The van der Waals surface area contributed by atoms with Crippen molar-refractivity contribution < 1.29 is 9.47 Å². The molecule has 0 amide bonds. The van der Waals surface area contributed by atoms with Crippen LogP contribution in [0.3, 0.4) is 0 Å². The van der Waals surface area contributed by atoms with Crippen LogP contribution in [0.15, 0.2) is 53.3 Å². The first-order chi connectivity index (χ1) is 17.0. The highest BCUT2D eigenvalue weighted by Gasteiger charge is 2.27. The van der Waals surface area contributed by atoms with Gasteiger partial charge in [-0.1, -0.05) is 43.3 Å². The van der Waals surface area contributed by atoms with E-state index < -0.39 is 0 Å². The van der Waals surface area contributed by atoms with E-state index in [0.717, 1.165) is 54.1 Å². The van der Waals surface area contributed by atoms with E-state index in [1.165, 1.54) is 6.42 Å². The number of hydrogen-bond donors (Lipinski definition) is 1. The van der Waals surface area contributed by atoms with Crippen LogP contribution >= 0.6 is 0 Å². The van der Waals surface area contributed by atoms with Crippen molar-refractivity contribution in [2.75, 3.05) is 32.2 Å². The van der Waals surface area contributed by atoms with Gasteiger partial charge in [-0.15, -0.1) is 0 Å². The number of nitrogens with zero attached hydrogens (tertiary/aromatic N) is 3. The number of H-pyrrole nitrogens is 1. The third kappa shape index (κ3) is 4.05. The summed E-state index contributed by atoms with van der Waals surface area (Å²) >= 11 is 0. The SMILES string of the molecule is COc1ccc(C(C)c2c(C)nc3c(N4CCCCC4)c(-c4ccccc4)[nH]n3c2=O)c(OC)c1. The maximum atomic E-state index is 14.0. The van der Waals surface area contributed by atoms with Crippen molar-refractivity contribution in [2.24, 2.45) is 0 Å². The molecule has 1 aliphatic rings. The van der Waals surface area contributed by atoms with Crippen LogP contribution < -0.4 is 19.9 Å². The minimum atomic E-state index is -0.213. The second kappa shape index (κ2) is 9.49. The van der Waals surface area contributed by atoms with Gasteiger partial charge in [0.15, 0.2) is 5.65 Å². The van der Waals surface area contributed by atoms with Crippen LogP contribution in [0.5, 0.6) is 11.5 Å². The van der Waals surface area contributed by atoms with Gasteiger partial charge >= 0.3 is 0 Å². The van der Waals surface area contributed by atoms with E-state index in [1.54, 1.807) is 18.7 Å². The Kier molecular flexibility index (Phi) is 6.24. The molecule has 0 radical (unpaired) electrons. The number of ether oxygens (including phenoxy) is 2. The van der Waals surface area contributed by atoms with E-state index in [4.69, 9.17) is 14.5 Å². The van der Waals surface area contributed by atoms with Crippen LogP contribution in [0.25, 0.3) is 16.9 Å². The number of benzene rings is 2. The third-order valence-electron chi connectivity index (χ3n) is 7.06. The van der Waals surface area contributed by atoms with Gasteiger partial charge in [0.2, 0.25) is 0 Å². The van der Waals surface area contributed by atoms with Crippen molar-refractivity contribution in [1.82, 2.24) is 14.6 Å². The molecule has 0 saturated carbocycles. The first-order valence-electron chi connectivity index (χ1n) is 12.2. The van der Waals surface area contributed by atoms with Crippen molar-refractivity contribution in [3.8, 4) is 22.8 Å². The lowest BCUT2D eigenvalue weighted by Gasteiger charge is -2.28. The Bertz CT molecular complexity index is 1400. The number of anilines is 1. The number of aromatic nitrogens is 3. The molecule has 1 N–H and O–H groups in total. The maximum Gasteiger partial charge on any atom is 0.276 e. The molecule has 2 aromatic carbocycles. The van der Waals surface area contributed by atoms with Crippen LogP contribution in [0, 0.1) is 6.92 Å². The van der Waals surface area contributed by atoms with Gasteiger partial charge in [-0.05, 0) is 32.3 Å². The maximum absolute atomic E-state index is 14.0. The molecule has 1 fully saturated rings. The summed E-state index contributed by atoms with van der Waals surface area (Å²) in [6.07, 6.45) is 3.51. The molecule has 5 rings (SSSR count). The van der Waals surface area contributed by atoms with Gasteiger partial charge in [-0.2, -0.15) is 4.52 Å². The zero-order chi connectivity index (χ0) is 24.5. The standard InChI is InChI=1S/C28H32N4O3/c1-18(22-14-13-21(34-3)17-23(22)35-4)24-19(2)29-27-26(31-15-9-6-10-16-31)25(30-32(27)28(24)33)20-11-7-5-8-12-20/h5,7-8,11-14,17-18,30H,6,9-10,15-16H2,1-4H3. The number of fused-ring (bicyclic) bond motifs is 1. The second-order valence-corrected chi connectivity index (χ2v) is 9.15. The number of nitrogens with one attached hydrogen (secondary N) is 1. The molecule has 2 aromatic heterocycles. The Balaban J connectivity index is 1.71. The number of rotatable bonds is 6. The topological polar surface area (TPSA) is 71.9 Å². The van der Waals surface area contributed by atoms with Crippen LogP contribution in [-0.2, 0) is 0 Å². The van der Waals surface area contributed by atoms with Crippen LogP contribution in [0.4, 0.5) is 5.69 Å². The lowest BCUT2D eigenvalue weighted by molar-refractivity contribution is 0.390. The fraction of sp³-hybridized carbons (Fsp3) is 0.357. The molecule has 0 bridgehead atoms. The molecule has 1 aliphatic heterocycles. The second-order valence-electron chi connectivity index (χ2n) is 9.15. The number of aromatic amines is 1. The Morgan fingerprint density at radius 3 is 2.43 bits per heavy atom. The molecule has 7 heteroatoms. The third-order valence-corrected chi connectivity index (χ3v) is 7.06. The Morgan fingerprint density at radius 1 is 1.00 bits per heavy atom. The molecule has 35 heavy (non-hydrogen) atoms. The van der Waals surface area contributed by atoms with E-state index in [0.29, 0.717) is 22.7 Å². The normalized spacial score (nSPS) is 14.8. The molecule has 0 aliphatic carbocycles. The van der Waals surface area contributed by atoms with Gasteiger partial charge in [-0.3, -0.25) is 9.89 Å². The summed E-state index contributed by atoms with van der Waals surface area (Å²) in [6.45, 7) is 5.88. The van der Waals surface area contributed by atoms with Crippen LogP contribution in [-0.4, -0.2) is 41.9 Å². The fourth-order valence-corrected chi connectivity index (χ4v) is 5.23. The predicted molar refractivity (Wildman–Crippen MR) is 139 cm³/mol. The van der Waals surface area contributed by atoms with Crippen molar-refractivity contribution in [3.05, 3.63) is 75.7 Å². The molecule has 7 nitrogen and oxygen atoms in total. The van der Waals surface area contributed by atoms with Gasteiger partial charge in [0, 0.05) is 47.5 Å². The predicted octanol–water partition coefficient (Wildman–Crippen LogP) is 5.16. The number of aryl methyl sites for hydroxylation is 1. The Hall–Kier alpha value is -3.74. The molecule has 0 spiro atoms. The summed E-state index contributed by atoms with van der Waals surface area (Å²) in [4.78, 5) is 21.4. The zero-order valence-corrected chi connectivity index (χ0v) is 20.8. The van der Waals surface area contributed by atoms with Gasteiger partial charge in [0.05, 0.1) is 19.9 Å². The molecule has 1 saturated heterocycles. The minimum absolute atomic E-state index is 0.0849. The highest BCUT2D eigenvalue weighted by atomic mass is 16.5. The van der Waals surface area contributed by atoms with E-state index in [9.17, 15) is 4.79 Å². The number of piperidine rings is 1. The monoisotopic (exact) mass is 472 g/mol. The summed E-state index contributed by atoms with van der Waals surface area (Å²) in [7, 11) is 3.26. The Labute approximate surface area is 205 Å². The lowest BCUT2D eigenvalue weighted by atomic mass is 9.92. The minimum Gasteiger partial charge on any atom is -0.497 e. The summed E-state index contributed by atoms with van der Waals surface area (Å²) in [5.74, 6) is 1.18. The van der Waals surface area contributed by atoms with Crippen LogP contribution in [0.1, 0.15) is 48.9 Å². The van der Waals surface area contributed by atoms with Gasteiger partial charge in [0.1, 0.15) is 17.2 Å². The van der Waals surface area contributed by atoms with E-state index >= 15 is 0 Å². The van der Waals surface area contributed by atoms with Gasteiger partial charge < -0.3 is 14.4 Å². The summed E-state index contributed by atoms with van der Waals surface area (Å²) in [6, 6.07) is 15.9. The van der Waals surface area contributed by atoms with Crippen molar-refractivity contribution in [2.45, 2.75) is 39.0 Å². The zero-order valence-electron chi connectivity index (χ0n) is 20.8. The van der Waals surface area contributed by atoms with Crippen molar-refractivity contribution in [1.29, 1.82) is 0 Å².